The number of hydrogen-bond acceptors (Lipinski definition) is 3. The van der Waals surface area contributed by atoms with Crippen LogP contribution in [0.4, 0.5) is 0 Å². The minimum Gasteiger partial charge on any atom is -0.491 e. The van der Waals surface area contributed by atoms with Gasteiger partial charge in [0.2, 0.25) is 0 Å². The zero-order chi connectivity index (χ0) is 12.5. The molecule has 0 unspecified atom stereocenters. The largest absolute Gasteiger partial charge is 0.491 e. The molecule has 1 N–H and O–H groups in total. The van der Waals surface area contributed by atoms with E-state index in [0.717, 1.165) is 18.8 Å². The predicted molar refractivity (Wildman–Crippen MR) is 70.4 cm³/mol. The van der Waals surface area contributed by atoms with Gasteiger partial charge >= 0.3 is 0 Å². The number of rotatable bonds is 8. The van der Waals surface area contributed by atoms with E-state index < -0.39 is 0 Å². The summed E-state index contributed by atoms with van der Waals surface area (Å²) in [6, 6.07) is 8.18. The van der Waals surface area contributed by atoms with Crippen molar-refractivity contribution in [3.05, 3.63) is 29.8 Å². The first kappa shape index (κ1) is 14.0. The average Bonchev–Trinajstić information content (AvgIpc) is 2.29. The van der Waals surface area contributed by atoms with Gasteiger partial charge in [-0.1, -0.05) is 26.0 Å². The molecule has 0 spiro atoms. The molecule has 0 radical (unpaired) electrons. The van der Waals surface area contributed by atoms with Crippen molar-refractivity contribution < 1.29 is 9.47 Å². The fourth-order valence-corrected chi connectivity index (χ4v) is 1.49. The maximum atomic E-state index is 5.56. The molecular formula is C14H23NO2. The van der Waals surface area contributed by atoms with Crippen LogP contribution in [0.25, 0.3) is 0 Å². The zero-order valence-electron chi connectivity index (χ0n) is 11.0. The lowest BCUT2D eigenvalue weighted by Crippen LogP contribution is -2.18. The van der Waals surface area contributed by atoms with Gasteiger partial charge in [0.1, 0.15) is 12.4 Å². The smallest absolute Gasteiger partial charge is 0.119 e. The Morgan fingerprint density at radius 3 is 2.76 bits per heavy atom. The van der Waals surface area contributed by atoms with E-state index >= 15 is 0 Å². The Kier molecular flexibility index (Phi) is 6.67. The van der Waals surface area contributed by atoms with E-state index in [1.807, 2.05) is 12.1 Å². The SMILES string of the molecule is COCCOc1cccc(CNCC(C)C)c1. The standard InChI is InChI=1S/C14H23NO2/c1-12(2)10-15-11-13-5-4-6-14(9-13)17-8-7-16-3/h4-6,9,12,15H,7-8,10-11H2,1-3H3. The molecular weight excluding hydrogens is 214 g/mol. The summed E-state index contributed by atoms with van der Waals surface area (Å²) in [5, 5.41) is 3.42. The monoisotopic (exact) mass is 237 g/mol. The van der Waals surface area contributed by atoms with Crippen molar-refractivity contribution in [1.82, 2.24) is 5.32 Å². The second kappa shape index (κ2) is 8.09. The Balaban J connectivity index is 2.37. The van der Waals surface area contributed by atoms with Gasteiger partial charge in [-0.3, -0.25) is 0 Å². The molecule has 0 atom stereocenters. The summed E-state index contributed by atoms with van der Waals surface area (Å²) >= 11 is 0. The summed E-state index contributed by atoms with van der Waals surface area (Å²) in [6.45, 7) is 7.55. The number of methoxy groups -OCH3 is 1. The lowest BCUT2D eigenvalue weighted by atomic mass is 10.2. The molecule has 0 heterocycles. The minimum atomic E-state index is 0.597. The van der Waals surface area contributed by atoms with Gasteiger partial charge in [-0.2, -0.15) is 0 Å². The molecule has 1 aromatic carbocycles. The second-order valence-corrected chi connectivity index (χ2v) is 4.51. The average molecular weight is 237 g/mol. The molecule has 1 aromatic rings. The summed E-state index contributed by atoms with van der Waals surface area (Å²) in [6.07, 6.45) is 0. The van der Waals surface area contributed by atoms with E-state index in [1.165, 1.54) is 5.56 Å². The number of ether oxygens (including phenoxy) is 2. The normalized spacial score (nSPS) is 10.8. The van der Waals surface area contributed by atoms with Gasteiger partial charge in [-0.15, -0.1) is 0 Å². The quantitative estimate of drug-likeness (QED) is 0.704. The molecule has 0 aromatic heterocycles. The molecule has 3 nitrogen and oxygen atoms in total. The third-order valence-corrected chi connectivity index (χ3v) is 2.34. The van der Waals surface area contributed by atoms with Crippen LogP contribution in [0.2, 0.25) is 0 Å². The lowest BCUT2D eigenvalue weighted by molar-refractivity contribution is 0.146. The number of benzene rings is 1. The van der Waals surface area contributed by atoms with Gasteiger partial charge in [0, 0.05) is 13.7 Å². The molecule has 96 valence electrons. The van der Waals surface area contributed by atoms with Crippen LogP contribution in [0.3, 0.4) is 0 Å². The fraction of sp³-hybridized carbons (Fsp3) is 0.571. The first-order valence-electron chi connectivity index (χ1n) is 6.13. The van der Waals surface area contributed by atoms with Crippen LogP contribution in [-0.2, 0) is 11.3 Å². The van der Waals surface area contributed by atoms with Gasteiger partial charge in [0.15, 0.2) is 0 Å². The highest BCUT2D eigenvalue weighted by Crippen LogP contribution is 2.13. The molecule has 17 heavy (non-hydrogen) atoms. The van der Waals surface area contributed by atoms with Crippen molar-refractivity contribution in [2.24, 2.45) is 5.92 Å². The van der Waals surface area contributed by atoms with Gasteiger partial charge in [0.25, 0.3) is 0 Å². The highest BCUT2D eigenvalue weighted by atomic mass is 16.5. The maximum absolute atomic E-state index is 5.56. The van der Waals surface area contributed by atoms with Crippen molar-refractivity contribution in [1.29, 1.82) is 0 Å². The first-order valence-corrected chi connectivity index (χ1v) is 6.13. The molecule has 0 saturated heterocycles. The molecule has 1 rings (SSSR count). The van der Waals surface area contributed by atoms with Gasteiger partial charge in [0.05, 0.1) is 6.61 Å². The van der Waals surface area contributed by atoms with Crippen molar-refractivity contribution in [3.8, 4) is 5.75 Å². The van der Waals surface area contributed by atoms with E-state index in [0.29, 0.717) is 19.1 Å². The van der Waals surface area contributed by atoms with Crippen LogP contribution in [0.1, 0.15) is 19.4 Å². The van der Waals surface area contributed by atoms with Crippen molar-refractivity contribution >= 4 is 0 Å². The highest BCUT2D eigenvalue weighted by molar-refractivity contribution is 5.28. The molecule has 0 bridgehead atoms. The van der Waals surface area contributed by atoms with Gasteiger partial charge in [-0.25, -0.2) is 0 Å². The first-order chi connectivity index (χ1) is 8.22. The topological polar surface area (TPSA) is 30.5 Å². The van der Waals surface area contributed by atoms with E-state index in [1.54, 1.807) is 7.11 Å². The molecule has 0 aliphatic rings. The molecule has 0 fully saturated rings. The highest BCUT2D eigenvalue weighted by Gasteiger charge is 1.98. The molecule has 0 saturated carbocycles. The summed E-state index contributed by atoms with van der Waals surface area (Å²) in [7, 11) is 1.68. The van der Waals surface area contributed by atoms with Crippen LogP contribution in [-0.4, -0.2) is 26.9 Å². The van der Waals surface area contributed by atoms with Crippen LogP contribution in [0.15, 0.2) is 24.3 Å². The van der Waals surface area contributed by atoms with Crippen LogP contribution >= 0.6 is 0 Å². The zero-order valence-corrected chi connectivity index (χ0v) is 11.0. The van der Waals surface area contributed by atoms with Gasteiger partial charge in [-0.05, 0) is 30.2 Å². The van der Waals surface area contributed by atoms with E-state index in [-0.39, 0.29) is 0 Å². The Labute approximate surface area is 104 Å². The van der Waals surface area contributed by atoms with Crippen LogP contribution < -0.4 is 10.1 Å². The predicted octanol–water partition coefficient (Wildman–Crippen LogP) is 2.46. The third-order valence-electron chi connectivity index (χ3n) is 2.34. The summed E-state index contributed by atoms with van der Waals surface area (Å²) in [5.74, 6) is 1.59. The van der Waals surface area contributed by atoms with Crippen molar-refractivity contribution in [2.75, 3.05) is 26.9 Å². The minimum absolute atomic E-state index is 0.597. The fourth-order valence-electron chi connectivity index (χ4n) is 1.49. The summed E-state index contributed by atoms with van der Waals surface area (Å²) < 4.78 is 10.5. The Bertz CT molecular complexity index is 313. The molecule has 3 heteroatoms. The van der Waals surface area contributed by atoms with Crippen LogP contribution in [0, 0.1) is 5.92 Å². The lowest BCUT2D eigenvalue weighted by Gasteiger charge is -2.09. The van der Waals surface area contributed by atoms with E-state index in [4.69, 9.17) is 9.47 Å². The Hall–Kier alpha value is -1.06. The van der Waals surface area contributed by atoms with Gasteiger partial charge < -0.3 is 14.8 Å². The Morgan fingerprint density at radius 1 is 1.24 bits per heavy atom. The number of hydrogen-bond donors (Lipinski definition) is 1. The van der Waals surface area contributed by atoms with Crippen LogP contribution in [0.5, 0.6) is 5.75 Å². The maximum Gasteiger partial charge on any atom is 0.119 e. The molecule has 0 amide bonds. The molecule has 0 aliphatic heterocycles. The molecule has 0 aliphatic carbocycles. The summed E-state index contributed by atoms with van der Waals surface area (Å²) in [5.41, 5.74) is 1.25. The van der Waals surface area contributed by atoms with E-state index in [2.05, 4.69) is 31.3 Å². The summed E-state index contributed by atoms with van der Waals surface area (Å²) in [4.78, 5) is 0. The second-order valence-electron chi connectivity index (χ2n) is 4.51. The van der Waals surface area contributed by atoms with E-state index in [9.17, 15) is 0 Å². The third kappa shape index (κ3) is 6.29. The van der Waals surface area contributed by atoms with Crippen molar-refractivity contribution in [2.45, 2.75) is 20.4 Å². The van der Waals surface area contributed by atoms with Crippen molar-refractivity contribution in [3.63, 3.8) is 0 Å². The number of nitrogens with one attached hydrogen (secondary N) is 1. The Morgan fingerprint density at radius 2 is 2.06 bits per heavy atom.